The third-order valence-electron chi connectivity index (χ3n) is 7.34. The average molecular weight is 430 g/mol. The number of fused-ring (bicyclic) bond motifs is 5. The van der Waals surface area contributed by atoms with Crippen LogP contribution in [0.1, 0.15) is 46.5 Å². The molecule has 0 aromatic heterocycles. The summed E-state index contributed by atoms with van der Waals surface area (Å²) in [4.78, 5) is 34.6. The SMILES string of the molecule is CCNC(=NCC1CCCCN1CC(C)C)NCCN1C(=O)C2C3C=CC(C3)C2C1=O. The van der Waals surface area contributed by atoms with Crippen LogP contribution in [0.2, 0.25) is 0 Å². The molecule has 4 aliphatic rings. The van der Waals surface area contributed by atoms with E-state index < -0.39 is 0 Å². The molecule has 2 aliphatic heterocycles. The van der Waals surface area contributed by atoms with E-state index in [9.17, 15) is 9.59 Å². The Morgan fingerprint density at radius 2 is 1.84 bits per heavy atom. The van der Waals surface area contributed by atoms with Gasteiger partial charge in [0.1, 0.15) is 0 Å². The molecule has 0 aromatic rings. The molecule has 5 atom stereocenters. The van der Waals surface area contributed by atoms with Crippen molar-refractivity contribution in [1.29, 1.82) is 0 Å². The number of nitrogens with one attached hydrogen (secondary N) is 2. The first-order valence-electron chi connectivity index (χ1n) is 12.3. The van der Waals surface area contributed by atoms with E-state index >= 15 is 0 Å². The molecule has 2 N–H and O–H groups in total. The van der Waals surface area contributed by atoms with Crippen LogP contribution in [0.3, 0.4) is 0 Å². The van der Waals surface area contributed by atoms with Crippen molar-refractivity contribution in [2.45, 2.75) is 52.5 Å². The molecule has 2 aliphatic carbocycles. The van der Waals surface area contributed by atoms with Gasteiger partial charge < -0.3 is 10.6 Å². The molecule has 2 bridgehead atoms. The van der Waals surface area contributed by atoms with Crippen LogP contribution in [0.15, 0.2) is 17.1 Å². The van der Waals surface area contributed by atoms with Gasteiger partial charge in [-0.25, -0.2) is 0 Å². The summed E-state index contributed by atoms with van der Waals surface area (Å²) in [6.07, 6.45) is 9.02. The number of rotatable bonds is 8. The molecule has 3 fully saturated rings. The van der Waals surface area contributed by atoms with Gasteiger partial charge in [-0.3, -0.25) is 24.4 Å². The average Bonchev–Trinajstić information content (AvgIpc) is 3.42. The number of allylic oxidation sites excluding steroid dienone is 2. The molecule has 2 heterocycles. The summed E-state index contributed by atoms with van der Waals surface area (Å²) in [6, 6.07) is 0.496. The van der Waals surface area contributed by atoms with Crippen molar-refractivity contribution >= 4 is 17.8 Å². The minimum atomic E-state index is -0.109. The first kappa shape index (κ1) is 22.3. The fraction of sp³-hybridized carbons (Fsp3) is 0.792. The minimum absolute atomic E-state index is 0.0297. The molecule has 172 valence electrons. The van der Waals surface area contributed by atoms with Crippen molar-refractivity contribution < 1.29 is 9.59 Å². The second kappa shape index (κ2) is 9.72. The largest absolute Gasteiger partial charge is 0.357 e. The number of hydrogen-bond acceptors (Lipinski definition) is 4. The molecule has 5 unspecified atom stereocenters. The van der Waals surface area contributed by atoms with Gasteiger partial charge in [0, 0.05) is 32.2 Å². The first-order chi connectivity index (χ1) is 15.0. The summed E-state index contributed by atoms with van der Waals surface area (Å²) < 4.78 is 0. The van der Waals surface area contributed by atoms with E-state index in [1.807, 2.05) is 0 Å². The van der Waals surface area contributed by atoms with Crippen LogP contribution in [0.25, 0.3) is 0 Å². The van der Waals surface area contributed by atoms with E-state index in [4.69, 9.17) is 4.99 Å². The number of guanidine groups is 1. The second-order valence-corrected chi connectivity index (χ2v) is 10.0. The van der Waals surface area contributed by atoms with Crippen LogP contribution in [-0.4, -0.2) is 72.9 Å². The Hall–Kier alpha value is -1.89. The van der Waals surface area contributed by atoms with E-state index in [2.05, 4.69) is 48.5 Å². The number of nitrogens with zero attached hydrogens (tertiary/aromatic N) is 3. The van der Waals surface area contributed by atoms with Gasteiger partial charge in [-0.15, -0.1) is 0 Å². The van der Waals surface area contributed by atoms with Gasteiger partial charge in [0.05, 0.1) is 18.4 Å². The molecular formula is C24H39N5O2. The maximum Gasteiger partial charge on any atom is 0.233 e. The Morgan fingerprint density at radius 3 is 2.48 bits per heavy atom. The van der Waals surface area contributed by atoms with Gasteiger partial charge in [0.2, 0.25) is 11.8 Å². The number of imide groups is 1. The predicted octanol–water partition coefficient (Wildman–Crippen LogP) is 1.86. The summed E-state index contributed by atoms with van der Waals surface area (Å²) >= 11 is 0. The standard InChI is InChI=1S/C24H39N5O2/c1-4-25-24(27-14-19-7-5-6-11-28(19)15-16(2)3)26-10-12-29-22(30)20-17-8-9-18(13-17)21(20)23(29)31/h8-9,16-21H,4-7,10-15H2,1-3H3,(H2,25,26,27). The molecule has 0 spiro atoms. The lowest BCUT2D eigenvalue weighted by molar-refractivity contribution is -0.140. The van der Waals surface area contributed by atoms with Crippen LogP contribution in [0.5, 0.6) is 0 Å². The van der Waals surface area contributed by atoms with Crippen LogP contribution in [0, 0.1) is 29.6 Å². The Balaban J connectivity index is 1.30. The summed E-state index contributed by atoms with van der Waals surface area (Å²) in [5, 5.41) is 6.66. The third kappa shape index (κ3) is 4.66. The topological polar surface area (TPSA) is 77.0 Å². The minimum Gasteiger partial charge on any atom is -0.357 e. The number of likely N-dealkylation sites (tertiary alicyclic amines) is 2. The first-order valence-corrected chi connectivity index (χ1v) is 12.3. The highest BCUT2D eigenvalue weighted by Gasteiger charge is 2.58. The van der Waals surface area contributed by atoms with Crippen molar-refractivity contribution in [3.63, 3.8) is 0 Å². The molecule has 31 heavy (non-hydrogen) atoms. The fourth-order valence-corrected chi connectivity index (χ4v) is 5.99. The van der Waals surface area contributed by atoms with Crippen LogP contribution < -0.4 is 10.6 Å². The Morgan fingerprint density at radius 1 is 1.13 bits per heavy atom. The number of carbonyl (C=O) groups excluding carboxylic acids is 2. The van der Waals surface area contributed by atoms with E-state index in [1.54, 1.807) is 0 Å². The van der Waals surface area contributed by atoms with Crippen LogP contribution in [-0.2, 0) is 9.59 Å². The molecule has 0 aromatic carbocycles. The zero-order chi connectivity index (χ0) is 22.0. The fourth-order valence-electron chi connectivity index (χ4n) is 5.99. The Labute approximate surface area is 186 Å². The van der Waals surface area contributed by atoms with E-state index in [0.29, 0.717) is 25.0 Å². The van der Waals surface area contributed by atoms with Gasteiger partial charge in [0.25, 0.3) is 0 Å². The van der Waals surface area contributed by atoms with Crippen molar-refractivity contribution in [1.82, 2.24) is 20.4 Å². The maximum atomic E-state index is 12.8. The molecule has 0 radical (unpaired) electrons. The summed E-state index contributed by atoms with van der Waals surface area (Å²) in [5.74, 6) is 1.82. The molecule has 1 saturated carbocycles. The number of amides is 2. The van der Waals surface area contributed by atoms with Gasteiger partial charge in [-0.1, -0.05) is 32.4 Å². The second-order valence-electron chi connectivity index (χ2n) is 10.0. The number of aliphatic imine (C=N–C) groups is 1. The quantitative estimate of drug-likeness (QED) is 0.267. The Kier molecular flexibility index (Phi) is 6.99. The predicted molar refractivity (Wildman–Crippen MR) is 122 cm³/mol. The molecule has 2 amide bonds. The smallest absolute Gasteiger partial charge is 0.233 e. The lowest BCUT2D eigenvalue weighted by Crippen LogP contribution is -2.46. The monoisotopic (exact) mass is 429 g/mol. The number of piperidine rings is 1. The zero-order valence-corrected chi connectivity index (χ0v) is 19.3. The molecular weight excluding hydrogens is 390 g/mol. The van der Waals surface area contributed by atoms with Gasteiger partial charge >= 0.3 is 0 Å². The molecule has 7 nitrogen and oxygen atoms in total. The Bertz CT molecular complexity index is 703. The number of hydrogen-bond donors (Lipinski definition) is 2. The lowest BCUT2D eigenvalue weighted by atomic mass is 9.85. The highest BCUT2D eigenvalue weighted by molar-refractivity contribution is 6.06. The van der Waals surface area contributed by atoms with Crippen molar-refractivity contribution in [3.05, 3.63) is 12.2 Å². The van der Waals surface area contributed by atoms with Crippen molar-refractivity contribution in [2.24, 2.45) is 34.6 Å². The van der Waals surface area contributed by atoms with E-state index in [0.717, 1.165) is 32.0 Å². The van der Waals surface area contributed by atoms with E-state index in [-0.39, 0.29) is 35.5 Å². The molecule has 2 saturated heterocycles. The van der Waals surface area contributed by atoms with Gasteiger partial charge in [-0.05, 0) is 50.5 Å². The summed E-state index contributed by atoms with van der Waals surface area (Å²) in [7, 11) is 0. The summed E-state index contributed by atoms with van der Waals surface area (Å²) in [6.45, 7) is 11.4. The van der Waals surface area contributed by atoms with Crippen LogP contribution >= 0.6 is 0 Å². The zero-order valence-electron chi connectivity index (χ0n) is 19.3. The highest BCUT2D eigenvalue weighted by Crippen LogP contribution is 2.52. The summed E-state index contributed by atoms with van der Waals surface area (Å²) in [5.41, 5.74) is 0. The van der Waals surface area contributed by atoms with Crippen molar-refractivity contribution in [2.75, 3.05) is 39.3 Å². The van der Waals surface area contributed by atoms with Gasteiger partial charge in [-0.2, -0.15) is 0 Å². The molecule has 7 heteroatoms. The normalized spacial score (nSPS) is 33.0. The van der Waals surface area contributed by atoms with Crippen LogP contribution in [0.4, 0.5) is 0 Å². The number of carbonyl (C=O) groups is 2. The van der Waals surface area contributed by atoms with Crippen molar-refractivity contribution in [3.8, 4) is 0 Å². The maximum absolute atomic E-state index is 12.8. The third-order valence-corrected chi connectivity index (χ3v) is 7.34. The van der Waals surface area contributed by atoms with Gasteiger partial charge in [0.15, 0.2) is 5.96 Å². The molecule has 4 rings (SSSR count). The highest BCUT2D eigenvalue weighted by atomic mass is 16.2. The van der Waals surface area contributed by atoms with E-state index in [1.165, 1.54) is 30.7 Å². The lowest BCUT2D eigenvalue weighted by Gasteiger charge is -2.36.